The van der Waals surface area contributed by atoms with Crippen LogP contribution in [0.3, 0.4) is 0 Å². The van der Waals surface area contributed by atoms with Crippen molar-refractivity contribution in [3.05, 3.63) is 48.0 Å². The molecule has 0 saturated carbocycles. The number of halogens is 1. The SMILES string of the molecule is CNC(C(=O)N1CCC(NC(=O)Nc2ccc(F)cc2)CC1)c1cnn(C)c1. The van der Waals surface area contributed by atoms with Gasteiger partial charge in [0, 0.05) is 43.6 Å². The zero-order chi connectivity index (χ0) is 20.1. The maximum absolute atomic E-state index is 12.9. The molecule has 1 aromatic heterocycles. The van der Waals surface area contributed by atoms with Gasteiger partial charge in [0.25, 0.3) is 0 Å². The number of carbonyl (C=O) groups excluding carboxylic acids is 2. The molecule has 150 valence electrons. The largest absolute Gasteiger partial charge is 0.341 e. The number of piperidine rings is 1. The van der Waals surface area contributed by atoms with Gasteiger partial charge >= 0.3 is 6.03 Å². The van der Waals surface area contributed by atoms with E-state index in [9.17, 15) is 14.0 Å². The molecule has 1 aliphatic rings. The first kappa shape index (κ1) is 19.8. The van der Waals surface area contributed by atoms with Gasteiger partial charge in [0.1, 0.15) is 11.9 Å². The van der Waals surface area contributed by atoms with Crippen molar-refractivity contribution in [1.82, 2.24) is 25.3 Å². The lowest BCUT2D eigenvalue weighted by Crippen LogP contribution is -2.49. The normalized spacial score (nSPS) is 15.9. The van der Waals surface area contributed by atoms with Crippen LogP contribution in [0.25, 0.3) is 0 Å². The molecule has 28 heavy (non-hydrogen) atoms. The van der Waals surface area contributed by atoms with E-state index in [-0.39, 0.29) is 23.8 Å². The van der Waals surface area contributed by atoms with Gasteiger partial charge in [-0.05, 0) is 44.2 Å². The zero-order valence-corrected chi connectivity index (χ0v) is 16.0. The number of carbonyl (C=O) groups is 2. The summed E-state index contributed by atoms with van der Waals surface area (Å²) in [6.45, 7) is 1.14. The first-order chi connectivity index (χ1) is 13.5. The van der Waals surface area contributed by atoms with Crippen molar-refractivity contribution in [1.29, 1.82) is 0 Å². The number of rotatable bonds is 5. The summed E-state index contributed by atoms with van der Waals surface area (Å²) in [6, 6.07) is 4.81. The van der Waals surface area contributed by atoms with Gasteiger partial charge in [0.2, 0.25) is 5.91 Å². The van der Waals surface area contributed by atoms with Crippen molar-refractivity contribution < 1.29 is 14.0 Å². The number of nitrogens with zero attached hydrogens (tertiary/aromatic N) is 3. The van der Waals surface area contributed by atoms with Gasteiger partial charge in [-0.15, -0.1) is 0 Å². The van der Waals surface area contributed by atoms with E-state index < -0.39 is 6.04 Å². The van der Waals surface area contributed by atoms with Gasteiger partial charge in [-0.25, -0.2) is 9.18 Å². The van der Waals surface area contributed by atoms with Gasteiger partial charge in [0.05, 0.1) is 6.20 Å². The topological polar surface area (TPSA) is 91.3 Å². The second-order valence-electron chi connectivity index (χ2n) is 6.87. The number of urea groups is 1. The van der Waals surface area contributed by atoms with Crippen LogP contribution in [0.15, 0.2) is 36.7 Å². The summed E-state index contributed by atoms with van der Waals surface area (Å²) >= 11 is 0. The number of aryl methyl sites for hydroxylation is 1. The van der Waals surface area contributed by atoms with E-state index >= 15 is 0 Å². The molecule has 3 amide bonds. The molecule has 1 unspecified atom stereocenters. The first-order valence-corrected chi connectivity index (χ1v) is 9.24. The summed E-state index contributed by atoms with van der Waals surface area (Å²) < 4.78 is 14.6. The van der Waals surface area contributed by atoms with Crippen LogP contribution in [0, 0.1) is 5.82 Å². The third-order valence-corrected chi connectivity index (χ3v) is 4.84. The molecule has 1 saturated heterocycles. The minimum Gasteiger partial charge on any atom is -0.341 e. The highest BCUT2D eigenvalue weighted by Gasteiger charge is 2.29. The third-order valence-electron chi connectivity index (χ3n) is 4.84. The highest BCUT2D eigenvalue weighted by molar-refractivity contribution is 5.89. The fraction of sp³-hybridized carbons (Fsp3) is 0.421. The molecule has 1 aromatic carbocycles. The average Bonchev–Trinajstić information content (AvgIpc) is 3.10. The van der Waals surface area contributed by atoms with E-state index in [1.54, 1.807) is 17.9 Å². The molecule has 8 nitrogen and oxygen atoms in total. The molecule has 2 aromatic rings. The number of hydrogen-bond acceptors (Lipinski definition) is 4. The summed E-state index contributed by atoms with van der Waals surface area (Å²) in [5, 5.41) is 12.8. The molecule has 0 radical (unpaired) electrons. The average molecular weight is 388 g/mol. The maximum Gasteiger partial charge on any atom is 0.319 e. The Hall–Kier alpha value is -2.94. The molecular formula is C19H25FN6O2. The van der Waals surface area contributed by atoms with E-state index in [1.165, 1.54) is 24.3 Å². The Balaban J connectivity index is 1.48. The second kappa shape index (κ2) is 8.83. The minimum absolute atomic E-state index is 0.00436. The number of hydrogen-bond donors (Lipinski definition) is 3. The second-order valence-corrected chi connectivity index (χ2v) is 6.87. The van der Waals surface area contributed by atoms with E-state index in [2.05, 4.69) is 21.0 Å². The summed E-state index contributed by atoms with van der Waals surface area (Å²) in [6.07, 6.45) is 4.86. The molecule has 3 rings (SSSR count). The summed E-state index contributed by atoms with van der Waals surface area (Å²) in [5.41, 5.74) is 1.36. The van der Waals surface area contributed by atoms with Crippen LogP contribution < -0.4 is 16.0 Å². The van der Waals surface area contributed by atoms with Gasteiger partial charge in [0.15, 0.2) is 0 Å². The van der Waals surface area contributed by atoms with Crippen molar-refractivity contribution in [2.75, 3.05) is 25.5 Å². The number of likely N-dealkylation sites (tertiary alicyclic amines) is 1. The quantitative estimate of drug-likeness (QED) is 0.726. The Morgan fingerprint density at radius 1 is 1.21 bits per heavy atom. The van der Waals surface area contributed by atoms with Crippen LogP contribution >= 0.6 is 0 Å². The van der Waals surface area contributed by atoms with Crippen LogP contribution in [-0.4, -0.2) is 52.8 Å². The summed E-state index contributed by atoms with van der Waals surface area (Å²) in [5.74, 6) is -0.348. The summed E-state index contributed by atoms with van der Waals surface area (Å²) in [4.78, 5) is 26.7. The number of nitrogens with one attached hydrogen (secondary N) is 3. The molecule has 1 aliphatic heterocycles. The molecule has 3 N–H and O–H groups in total. The van der Waals surface area contributed by atoms with Crippen molar-refractivity contribution in [3.8, 4) is 0 Å². The molecular weight excluding hydrogens is 363 g/mol. The fourth-order valence-corrected chi connectivity index (χ4v) is 3.33. The van der Waals surface area contributed by atoms with Gasteiger partial charge in [-0.2, -0.15) is 5.10 Å². The lowest BCUT2D eigenvalue weighted by Gasteiger charge is -2.34. The molecule has 2 heterocycles. The third kappa shape index (κ3) is 4.86. The van der Waals surface area contributed by atoms with Crippen molar-refractivity contribution in [2.45, 2.75) is 24.9 Å². The summed E-state index contributed by atoms with van der Waals surface area (Å²) in [7, 11) is 3.57. The van der Waals surface area contributed by atoms with Crippen LogP contribution in [0.1, 0.15) is 24.4 Å². The standard InChI is InChI=1S/C19H25FN6O2/c1-21-17(13-11-22-25(2)12-13)18(27)26-9-7-16(8-10-26)24-19(28)23-15-5-3-14(20)4-6-15/h3-6,11-12,16-17,21H,7-10H2,1-2H3,(H2,23,24,28). The van der Waals surface area contributed by atoms with Crippen molar-refractivity contribution in [2.24, 2.45) is 7.05 Å². The van der Waals surface area contributed by atoms with Crippen molar-refractivity contribution in [3.63, 3.8) is 0 Å². The maximum atomic E-state index is 12.9. The molecule has 0 bridgehead atoms. The number of amides is 3. The lowest BCUT2D eigenvalue weighted by atomic mass is 10.0. The predicted octanol–water partition coefficient (Wildman–Crippen LogP) is 1.63. The van der Waals surface area contributed by atoms with Gasteiger partial charge in [-0.3, -0.25) is 9.48 Å². The Morgan fingerprint density at radius 2 is 1.89 bits per heavy atom. The van der Waals surface area contributed by atoms with E-state index in [0.29, 0.717) is 31.6 Å². The molecule has 1 fully saturated rings. The Bertz CT molecular complexity index is 814. The van der Waals surface area contributed by atoms with E-state index in [1.807, 2.05) is 18.1 Å². The predicted molar refractivity (Wildman–Crippen MR) is 103 cm³/mol. The van der Waals surface area contributed by atoms with Crippen LogP contribution in [-0.2, 0) is 11.8 Å². The van der Waals surface area contributed by atoms with Gasteiger partial charge in [-0.1, -0.05) is 0 Å². The smallest absolute Gasteiger partial charge is 0.319 e. The number of aromatic nitrogens is 2. The molecule has 1 atom stereocenters. The fourth-order valence-electron chi connectivity index (χ4n) is 3.33. The monoisotopic (exact) mass is 388 g/mol. The first-order valence-electron chi connectivity index (χ1n) is 9.24. The number of likely N-dealkylation sites (N-methyl/N-ethyl adjacent to an activating group) is 1. The highest BCUT2D eigenvalue weighted by Crippen LogP contribution is 2.19. The lowest BCUT2D eigenvalue weighted by molar-refractivity contribution is -0.134. The highest BCUT2D eigenvalue weighted by atomic mass is 19.1. The van der Waals surface area contributed by atoms with Crippen LogP contribution in [0.5, 0.6) is 0 Å². The Labute approximate surface area is 163 Å². The molecule has 0 aliphatic carbocycles. The van der Waals surface area contributed by atoms with Crippen LogP contribution in [0.4, 0.5) is 14.9 Å². The van der Waals surface area contributed by atoms with Crippen LogP contribution in [0.2, 0.25) is 0 Å². The zero-order valence-electron chi connectivity index (χ0n) is 16.0. The Morgan fingerprint density at radius 3 is 2.46 bits per heavy atom. The number of anilines is 1. The number of benzene rings is 1. The molecule has 9 heteroatoms. The Kier molecular flexibility index (Phi) is 6.25. The van der Waals surface area contributed by atoms with E-state index in [0.717, 1.165) is 5.56 Å². The van der Waals surface area contributed by atoms with Gasteiger partial charge < -0.3 is 20.9 Å². The van der Waals surface area contributed by atoms with Crippen molar-refractivity contribution >= 4 is 17.6 Å². The minimum atomic E-state index is -0.431. The van der Waals surface area contributed by atoms with E-state index in [4.69, 9.17) is 0 Å². The molecule has 0 spiro atoms.